The molecule has 0 aliphatic rings. The van der Waals surface area contributed by atoms with E-state index < -0.39 is 0 Å². The SMILES string of the molecule is COc1ccccc1-c1nnc(SC(C)C(=O)N(Cc2ccccc2)Cc2ccccc2)n1C. The molecule has 1 amide bonds. The summed E-state index contributed by atoms with van der Waals surface area (Å²) >= 11 is 1.41. The van der Waals surface area contributed by atoms with Crippen LogP contribution in [-0.4, -0.2) is 37.9 Å². The molecule has 0 spiro atoms. The van der Waals surface area contributed by atoms with Crippen molar-refractivity contribution in [2.24, 2.45) is 7.05 Å². The number of carbonyl (C=O) groups excluding carboxylic acids is 1. The Morgan fingerprint density at radius 3 is 2.06 bits per heavy atom. The highest BCUT2D eigenvalue weighted by Gasteiger charge is 2.25. The van der Waals surface area contributed by atoms with Crippen molar-refractivity contribution in [3.05, 3.63) is 96.1 Å². The van der Waals surface area contributed by atoms with E-state index in [-0.39, 0.29) is 11.2 Å². The number of carbonyl (C=O) groups is 1. The van der Waals surface area contributed by atoms with Crippen molar-refractivity contribution in [1.82, 2.24) is 19.7 Å². The zero-order chi connectivity index (χ0) is 23.9. The number of ether oxygens (including phenoxy) is 1. The van der Waals surface area contributed by atoms with Crippen molar-refractivity contribution in [1.29, 1.82) is 0 Å². The molecule has 7 heteroatoms. The lowest BCUT2D eigenvalue weighted by molar-refractivity contribution is -0.131. The molecular weight excluding hydrogens is 444 g/mol. The quantitative estimate of drug-likeness (QED) is 0.313. The third-order valence-electron chi connectivity index (χ3n) is 5.56. The fourth-order valence-electron chi connectivity index (χ4n) is 3.77. The number of nitrogens with zero attached hydrogens (tertiary/aromatic N) is 4. The van der Waals surface area contributed by atoms with Crippen LogP contribution in [0.15, 0.2) is 90.1 Å². The average Bonchev–Trinajstić information content (AvgIpc) is 3.23. The third kappa shape index (κ3) is 5.48. The molecule has 1 heterocycles. The lowest BCUT2D eigenvalue weighted by atomic mass is 10.1. The van der Waals surface area contributed by atoms with Crippen molar-refractivity contribution in [3.63, 3.8) is 0 Å². The van der Waals surface area contributed by atoms with Gasteiger partial charge in [-0.25, -0.2) is 0 Å². The smallest absolute Gasteiger partial charge is 0.236 e. The van der Waals surface area contributed by atoms with Gasteiger partial charge < -0.3 is 14.2 Å². The number of thioether (sulfide) groups is 1. The maximum atomic E-state index is 13.6. The molecule has 174 valence electrons. The molecule has 1 unspecified atom stereocenters. The molecule has 0 radical (unpaired) electrons. The van der Waals surface area contributed by atoms with Gasteiger partial charge in [0.15, 0.2) is 11.0 Å². The van der Waals surface area contributed by atoms with Crippen LogP contribution >= 0.6 is 11.8 Å². The number of hydrogen-bond acceptors (Lipinski definition) is 5. The molecule has 0 aliphatic heterocycles. The van der Waals surface area contributed by atoms with E-state index in [9.17, 15) is 4.79 Å². The van der Waals surface area contributed by atoms with E-state index >= 15 is 0 Å². The lowest BCUT2D eigenvalue weighted by Gasteiger charge is -2.26. The normalized spacial score (nSPS) is 11.7. The summed E-state index contributed by atoms with van der Waals surface area (Å²) in [5.74, 6) is 1.49. The maximum Gasteiger partial charge on any atom is 0.236 e. The fraction of sp³-hybridized carbons (Fsp3) is 0.222. The summed E-state index contributed by atoms with van der Waals surface area (Å²) in [6.07, 6.45) is 0. The van der Waals surface area contributed by atoms with Crippen LogP contribution in [0.1, 0.15) is 18.1 Å². The van der Waals surface area contributed by atoms with E-state index in [1.54, 1.807) is 7.11 Å². The monoisotopic (exact) mass is 472 g/mol. The van der Waals surface area contributed by atoms with Gasteiger partial charge in [-0.05, 0) is 30.2 Å². The number of benzene rings is 3. The predicted molar refractivity (Wildman–Crippen MR) is 135 cm³/mol. The Morgan fingerprint density at radius 2 is 1.47 bits per heavy atom. The topological polar surface area (TPSA) is 60.3 Å². The first-order valence-electron chi connectivity index (χ1n) is 11.1. The number of aromatic nitrogens is 3. The second-order valence-electron chi connectivity index (χ2n) is 7.99. The summed E-state index contributed by atoms with van der Waals surface area (Å²) in [7, 11) is 3.55. The Balaban J connectivity index is 1.54. The van der Waals surface area contributed by atoms with Gasteiger partial charge in [0, 0.05) is 20.1 Å². The summed E-state index contributed by atoms with van der Waals surface area (Å²) < 4.78 is 7.39. The number of amides is 1. The minimum absolute atomic E-state index is 0.0551. The number of para-hydroxylation sites is 1. The molecule has 0 bridgehead atoms. The molecule has 0 saturated heterocycles. The molecular formula is C27H28N4O2S. The minimum Gasteiger partial charge on any atom is -0.496 e. The summed E-state index contributed by atoms with van der Waals surface area (Å²) in [5, 5.41) is 9.09. The molecule has 1 aromatic heterocycles. The molecule has 34 heavy (non-hydrogen) atoms. The molecule has 0 fully saturated rings. The van der Waals surface area contributed by atoms with Crippen LogP contribution < -0.4 is 4.74 Å². The van der Waals surface area contributed by atoms with Gasteiger partial charge in [0.2, 0.25) is 5.91 Å². The Hall–Kier alpha value is -3.58. The summed E-state index contributed by atoms with van der Waals surface area (Å²) in [5.41, 5.74) is 3.06. The minimum atomic E-state index is -0.333. The van der Waals surface area contributed by atoms with Gasteiger partial charge in [-0.15, -0.1) is 10.2 Å². The number of rotatable bonds is 9. The summed E-state index contributed by atoms with van der Waals surface area (Å²) in [6.45, 7) is 3.02. The largest absolute Gasteiger partial charge is 0.496 e. The first kappa shape index (κ1) is 23.6. The van der Waals surface area contributed by atoms with E-state index in [0.29, 0.717) is 24.1 Å². The lowest BCUT2D eigenvalue weighted by Crippen LogP contribution is -2.35. The molecule has 6 nitrogen and oxygen atoms in total. The number of hydrogen-bond donors (Lipinski definition) is 0. The van der Waals surface area contributed by atoms with Gasteiger partial charge in [-0.2, -0.15) is 0 Å². The van der Waals surface area contributed by atoms with Gasteiger partial charge in [0.1, 0.15) is 5.75 Å². The Morgan fingerprint density at radius 1 is 0.912 bits per heavy atom. The van der Waals surface area contributed by atoms with Crippen LogP contribution in [0.5, 0.6) is 5.75 Å². The van der Waals surface area contributed by atoms with Gasteiger partial charge >= 0.3 is 0 Å². The number of methoxy groups -OCH3 is 1. The van der Waals surface area contributed by atoms with Crippen LogP contribution in [0, 0.1) is 0 Å². The predicted octanol–water partition coefficient (Wildman–Crippen LogP) is 5.20. The van der Waals surface area contributed by atoms with E-state index in [1.807, 2.05) is 108 Å². The Bertz CT molecular complexity index is 1190. The highest BCUT2D eigenvalue weighted by atomic mass is 32.2. The average molecular weight is 473 g/mol. The van der Waals surface area contributed by atoms with Crippen molar-refractivity contribution in [3.8, 4) is 17.1 Å². The van der Waals surface area contributed by atoms with Gasteiger partial charge in [-0.3, -0.25) is 4.79 Å². The van der Waals surface area contributed by atoms with Gasteiger partial charge in [-0.1, -0.05) is 84.6 Å². The van der Waals surface area contributed by atoms with Crippen LogP contribution in [-0.2, 0) is 24.9 Å². The Labute approximate surface area is 204 Å². The van der Waals surface area contributed by atoms with Crippen LogP contribution in [0.2, 0.25) is 0 Å². The maximum absolute atomic E-state index is 13.6. The van der Waals surface area contributed by atoms with Gasteiger partial charge in [0.25, 0.3) is 0 Å². The highest BCUT2D eigenvalue weighted by Crippen LogP contribution is 2.31. The standard InChI is InChI=1S/C27H28N4O2S/c1-20(34-27-29-28-25(30(27)2)23-16-10-11-17-24(23)33-3)26(32)31(18-21-12-6-4-7-13-21)19-22-14-8-5-9-15-22/h4-17,20H,18-19H2,1-3H3. The third-order valence-corrected chi connectivity index (χ3v) is 6.68. The van der Waals surface area contributed by atoms with Crippen molar-refractivity contribution in [2.45, 2.75) is 30.4 Å². The molecule has 1 atom stereocenters. The van der Waals surface area contributed by atoms with Crippen LogP contribution in [0.4, 0.5) is 0 Å². The molecule has 0 aliphatic carbocycles. The zero-order valence-corrected chi connectivity index (χ0v) is 20.4. The fourth-order valence-corrected chi connectivity index (χ4v) is 4.67. The van der Waals surface area contributed by atoms with E-state index in [2.05, 4.69) is 10.2 Å². The van der Waals surface area contributed by atoms with Crippen molar-refractivity contribution in [2.75, 3.05) is 7.11 Å². The van der Waals surface area contributed by atoms with Crippen LogP contribution in [0.25, 0.3) is 11.4 Å². The first-order chi connectivity index (χ1) is 16.6. The molecule has 4 aromatic rings. The zero-order valence-electron chi connectivity index (χ0n) is 19.6. The van der Waals surface area contributed by atoms with E-state index in [4.69, 9.17) is 4.74 Å². The van der Waals surface area contributed by atoms with Gasteiger partial charge in [0.05, 0.1) is 17.9 Å². The molecule has 4 rings (SSSR count). The Kier molecular flexibility index (Phi) is 7.65. The van der Waals surface area contributed by atoms with Crippen molar-refractivity contribution < 1.29 is 9.53 Å². The second kappa shape index (κ2) is 11.0. The summed E-state index contributed by atoms with van der Waals surface area (Å²) in [6, 6.07) is 27.9. The van der Waals surface area contributed by atoms with E-state index in [1.165, 1.54) is 11.8 Å². The highest BCUT2D eigenvalue weighted by molar-refractivity contribution is 8.00. The molecule has 3 aromatic carbocycles. The van der Waals surface area contributed by atoms with Crippen molar-refractivity contribution >= 4 is 17.7 Å². The van der Waals surface area contributed by atoms with Crippen LogP contribution in [0.3, 0.4) is 0 Å². The summed E-state index contributed by atoms with van der Waals surface area (Å²) in [4.78, 5) is 15.5. The second-order valence-corrected chi connectivity index (χ2v) is 9.30. The molecule has 0 saturated carbocycles. The molecule has 0 N–H and O–H groups in total. The van der Waals surface area contributed by atoms with E-state index in [0.717, 1.165) is 22.4 Å². The first-order valence-corrected chi connectivity index (χ1v) is 12.0.